The fourth-order valence-electron chi connectivity index (χ4n) is 1.47. The zero-order valence-corrected chi connectivity index (χ0v) is 8.68. The van der Waals surface area contributed by atoms with Crippen LogP contribution in [0.25, 0.3) is 0 Å². The minimum absolute atomic E-state index is 0.0897. The average molecular weight is 211 g/mol. The van der Waals surface area contributed by atoms with Crippen molar-refractivity contribution in [3.8, 4) is 0 Å². The number of hydrogen-bond donors (Lipinski definition) is 1. The van der Waals surface area contributed by atoms with Crippen LogP contribution in [0.15, 0.2) is 17.5 Å². The molecule has 0 spiro atoms. The van der Waals surface area contributed by atoms with E-state index < -0.39 is 0 Å². The van der Waals surface area contributed by atoms with Crippen LogP contribution in [0.5, 0.6) is 0 Å². The molecule has 0 unspecified atom stereocenters. The van der Waals surface area contributed by atoms with Gasteiger partial charge in [0.2, 0.25) is 0 Å². The highest BCUT2D eigenvalue weighted by Gasteiger charge is 2.16. The van der Waals surface area contributed by atoms with Crippen molar-refractivity contribution in [2.75, 3.05) is 19.7 Å². The molecule has 0 saturated carbocycles. The van der Waals surface area contributed by atoms with Gasteiger partial charge in [-0.1, -0.05) is 6.07 Å². The van der Waals surface area contributed by atoms with E-state index in [1.54, 1.807) is 0 Å². The molecule has 1 N–H and O–H groups in total. The van der Waals surface area contributed by atoms with E-state index >= 15 is 0 Å². The maximum absolute atomic E-state index is 11.5. The van der Waals surface area contributed by atoms with E-state index in [9.17, 15) is 4.79 Å². The van der Waals surface area contributed by atoms with Crippen LogP contribution in [-0.4, -0.2) is 31.6 Å². The van der Waals surface area contributed by atoms with Crippen molar-refractivity contribution in [2.45, 2.75) is 12.5 Å². The number of rotatable bonds is 4. The molecule has 2 heterocycles. The molecule has 76 valence electrons. The highest BCUT2D eigenvalue weighted by molar-refractivity contribution is 7.12. The van der Waals surface area contributed by atoms with E-state index in [4.69, 9.17) is 4.74 Å². The zero-order chi connectivity index (χ0) is 9.80. The number of hydrogen-bond acceptors (Lipinski definition) is 4. The van der Waals surface area contributed by atoms with Gasteiger partial charge in [-0.25, -0.2) is 0 Å². The molecule has 3 nitrogen and oxygen atoms in total. The number of nitrogens with one attached hydrogen (secondary N) is 1. The summed E-state index contributed by atoms with van der Waals surface area (Å²) in [6, 6.07) is 3.72. The van der Waals surface area contributed by atoms with Crippen molar-refractivity contribution in [3.63, 3.8) is 0 Å². The van der Waals surface area contributed by atoms with Crippen molar-refractivity contribution in [1.82, 2.24) is 5.32 Å². The van der Waals surface area contributed by atoms with Gasteiger partial charge in [-0.15, -0.1) is 11.3 Å². The van der Waals surface area contributed by atoms with Gasteiger partial charge in [0, 0.05) is 6.54 Å². The van der Waals surface area contributed by atoms with Crippen molar-refractivity contribution < 1.29 is 9.53 Å². The molecule has 0 aliphatic carbocycles. The first kappa shape index (κ1) is 9.83. The summed E-state index contributed by atoms with van der Waals surface area (Å²) in [5, 5.41) is 5.10. The van der Waals surface area contributed by atoms with E-state index in [-0.39, 0.29) is 18.5 Å². The van der Waals surface area contributed by atoms with Gasteiger partial charge >= 0.3 is 0 Å². The molecular weight excluding hydrogens is 198 g/mol. The Balaban J connectivity index is 1.78. The Morgan fingerprint density at radius 2 is 2.64 bits per heavy atom. The standard InChI is InChI=1S/C10H13NO2S/c12-9(10-2-1-5-14-10)7-13-8-3-4-11-6-8/h1-2,5,8,11H,3-4,6-7H2/t8-/m0/s1. The minimum atomic E-state index is 0.0897. The lowest BCUT2D eigenvalue weighted by atomic mass is 10.3. The molecule has 1 aliphatic heterocycles. The van der Waals surface area contributed by atoms with Gasteiger partial charge in [-0.05, 0) is 24.4 Å². The number of Topliss-reactive ketones (excluding diaryl/α,β-unsaturated/α-hetero) is 1. The highest BCUT2D eigenvalue weighted by Crippen LogP contribution is 2.10. The lowest BCUT2D eigenvalue weighted by molar-refractivity contribution is 0.0533. The molecular formula is C10H13NO2S. The molecule has 1 aromatic rings. The van der Waals surface area contributed by atoms with Crippen LogP contribution in [0.3, 0.4) is 0 Å². The summed E-state index contributed by atoms with van der Waals surface area (Å²) in [6.07, 6.45) is 1.23. The van der Waals surface area contributed by atoms with Gasteiger partial charge in [0.25, 0.3) is 0 Å². The van der Waals surface area contributed by atoms with Crippen LogP contribution in [0.4, 0.5) is 0 Å². The highest BCUT2D eigenvalue weighted by atomic mass is 32.1. The van der Waals surface area contributed by atoms with Crippen LogP contribution in [0.2, 0.25) is 0 Å². The second-order valence-electron chi connectivity index (χ2n) is 3.33. The Hall–Kier alpha value is -0.710. The van der Waals surface area contributed by atoms with Crippen LogP contribution < -0.4 is 5.32 Å². The Bertz CT molecular complexity index is 291. The largest absolute Gasteiger partial charge is 0.369 e. The summed E-state index contributed by atoms with van der Waals surface area (Å²) in [5.74, 6) is 0.0897. The Labute approximate surface area is 87.1 Å². The molecule has 1 aliphatic rings. The fraction of sp³-hybridized carbons (Fsp3) is 0.500. The summed E-state index contributed by atoms with van der Waals surface area (Å²) in [7, 11) is 0. The van der Waals surface area contributed by atoms with Crippen LogP contribution in [-0.2, 0) is 4.74 Å². The molecule has 4 heteroatoms. The SMILES string of the molecule is O=C(CO[C@H]1CCNC1)c1cccs1. The molecule has 0 amide bonds. The maximum Gasteiger partial charge on any atom is 0.198 e. The Kier molecular flexibility index (Phi) is 3.29. The van der Waals surface area contributed by atoms with Crippen molar-refractivity contribution in [2.24, 2.45) is 0 Å². The smallest absolute Gasteiger partial charge is 0.198 e. The van der Waals surface area contributed by atoms with Gasteiger partial charge in [-0.3, -0.25) is 4.79 Å². The molecule has 0 bridgehead atoms. The predicted molar refractivity (Wildman–Crippen MR) is 55.9 cm³/mol. The van der Waals surface area contributed by atoms with Crippen LogP contribution >= 0.6 is 11.3 Å². The Morgan fingerprint density at radius 1 is 1.71 bits per heavy atom. The molecule has 0 radical (unpaired) electrons. The Morgan fingerprint density at radius 3 is 3.29 bits per heavy atom. The van der Waals surface area contributed by atoms with Crippen molar-refractivity contribution in [3.05, 3.63) is 22.4 Å². The van der Waals surface area contributed by atoms with Gasteiger partial charge in [0.15, 0.2) is 5.78 Å². The average Bonchev–Trinajstić information content (AvgIpc) is 2.87. The third-order valence-corrected chi connectivity index (χ3v) is 3.17. The van der Waals surface area contributed by atoms with Crippen molar-refractivity contribution >= 4 is 17.1 Å². The van der Waals surface area contributed by atoms with Gasteiger partial charge < -0.3 is 10.1 Å². The lowest BCUT2D eigenvalue weighted by Gasteiger charge is -2.08. The monoisotopic (exact) mass is 211 g/mol. The second-order valence-corrected chi connectivity index (χ2v) is 4.27. The minimum Gasteiger partial charge on any atom is -0.369 e. The summed E-state index contributed by atoms with van der Waals surface area (Å²) in [6.45, 7) is 2.09. The molecule has 2 rings (SSSR count). The number of ether oxygens (including phenoxy) is 1. The first-order chi connectivity index (χ1) is 6.86. The summed E-state index contributed by atoms with van der Waals surface area (Å²) < 4.78 is 5.48. The first-order valence-electron chi connectivity index (χ1n) is 4.75. The number of carbonyl (C=O) groups is 1. The van der Waals surface area contributed by atoms with E-state index in [1.165, 1.54) is 11.3 Å². The molecule has 1 saturated heterocycles. The lowest BCUT2D eigenvalue weighted by Crippen LogP contribution is -2.20. The third kappa shape index (κ3) is 2.41. The van der Waals surface area contributed by atoms with Gasteiger partial charge in [0.05, 0.1) is 11.0 Å². The number of ketones is 1. The van der Waals surface area contributed by atoms with Gasteiger partial charge in [-0.2, -0.15) is 0 Å². The maximum atomic E-state index is 11.5. The van der Waals surface area contributed by atoms with Crippen LogP contribution in [0.1, 0.15) is 16.1 Å². The molecule has 1 aromatic heterocycles. The summed E-state index contributed by atoms with van der Waals surface area (Å²) >= 11 is 1.47. The van der Waals surface area contributed by atoms with E-state index in [1.807, 2.05) is 17.5 Å². The van der Waals surface area contributed by atoms with E-state index in [0.29, 0.717) is 0 Å². The van der Waals surface area contributed by atoms with Crippen molar-refractivity contribution in [1.29, 1.82) is 0 Å². The molecule has 14 heavy (non-hydrogen) atoms. The topological polar surface area (TPSA) is 38.3 Å². The second kappa shape index (κ2) is 4.68. The van der Waals surface area contributed by atoms with Gasteiger partial charge in [0.1, 0.15) is 6.61 Å². The molecule has 1 fully saturated rings. The van der Waals surface area contributed by atoms with Crippen LogP contribution in [0, 0.1) is 0 Å². The number of carbonyl (C=O) groups excluding carboxylic acids is 1. The molecule has 0 aromatic carbocycles. The third-order valence-electron chi connectivity index (χ3n) is 2.26. The summed E-state index contributed by atoms with van der Waals surface area (Å²) in [4.78, 5) is 12.3. The number of thiophene rings is 1. The predicted octanol–water partition coefficient (Wildman–Crippen LogP) is 1.31. The zero-order valence-electron chi connectivity index (χ0n) is 7.86. The van der Waals surface area contributed by atoms with E-state index in [2.05, 4.69) is 5.32 Å². The molecule has 1 atom stereocenters. The fourth-order valence-corrected chi connectivity index (χ4v) is 2.12. The quantitative estimate of drug-likeness (QED) is 0.763. The first-order valence-corrected chi connectivity index (χ1v) is 5.63. The normalized spacial score (nSPS) is 21.3. The summed E-state index contributed by atoms with van der Waals surface area (Å²) in [5.41, 5.74) is 0. The van der Waals surface area contributed by atoms with E-state index in [0.717, 1.165) is 24.4 Å².